The number of thioether (sulfide) groups is 1. The Morgan fingerprint density at radius 2 is 1.74 bits per heavy atom. The van der Waals surface area contributed by atoms with E-state index in [1.165, 1.54) is 17.7 Å². The van der Waals surface area contributed by atoms with E-state index in [0.717, 1.165) is 31.9 Å². The number of thiocarbonyl (C=S) groups is 1. The molecule has 1 N–H and O–H groups in total. The van der Waals surface area contributed by atoms with E-state index in [9.17, 15) is 4.79 Å². The van der Waals surface area contributed by atoms with Gasteiger partial charge in [0, 0.05) is 36.8 Å². The fraction of sp³-hybridized carbons (Fsp3) is 0.300. The molecule has 0 aliphatic carbocycles. The number of esters is 1. The van der Waals surface area contributed by atoms with Gasteiger partial charge in [0.2, 0.25) is 0 Å². The molecule has 1 saturated heterocycles. The fourth-order valence-corrected chi connectivity index (χ4v) is 3.97. The first kappa shape index (κ1) is 19.5. The van der Waals surface area contributed by atoms with Gasteiger partial charge in [-0.1, -0.05) is 12.1 Å². The Bertz CT molecular complexity index is 803. The first-order chi connectivity index (χ1) is 13.1. The molecule has 1 aliphatic rings. The number of nitrogens with one attached hydrogen (secondary N) is 1. The zero-order chi connectivity index (χ0) is 19.2. The number of anilines is 2. The number of benzene rings is 2. The number of nitrogens with zero attached hydrogens (tertiary/aromatic N) is 2. The molecule has 142 valence electrons. The van der Waals surface area contributed by atoms with Crippen molar-refractivity contribution in [2.75, 3.05) is 49.8 Å². The minimum Gasteiger partial charge on any atom is -0.465 e. The molecule has 1 fully saturated rings. The Morgan fingerprint density at radius 3 is 2.37 bits per heavy atom. The summed E-state index contributed by atoms with van der Waals surface area (Å²) in [6.07, 6.45) is 2.11. The third kappa shape index (κ3) is 4.73. The molecule has 7 heteroatoms. The van der Waals surface area contributed by atoms with Gasteiger partial charge in [0.05, 0.1) is 18.4 Å². The smallest absolute Gasteiger partial charge is 0.337 e. The molecule has 0 atom stereocenters. The third-order valence-electron chi connectivity index (χ3n) is 4.55. The lowest BCUT2D eigenvalue weighted by molar-refractivity contribution is 0.0601. The lowest BCUT2D eigenvalue weighted by Crippen LogP contribution is -2.50. The number of carbonyl (C=O) groups is 1. The zero-order valence-electron chi connectivity index (χ0n) is 15.5. The number of hydrogen-bond acceptors (Lipinski definition) is 5. The van der Waals surface area contributed by atoms with E-state index in [4.69, 9.17) is 17.0 Å². The summed E-state index contributed by atoms with van der Waals surface area (Å²) >= 11 is 7.34. The van der Waals surface area contributed by atoms with Crippen LogP contribution in [0.25, 0.3) is 0 Å². The van der Waals surface area contributed by atoms with Gasteiger partial charge in [-0.3, -0.25) is 0 Å². The third-order valence-corrected chi connectivity index (χ3v) is 5.70. The van der Waals surface area contributed by atoms with Gasteiger partial charge in [0.1, 0.15) is 0 Å². The minimum absolute atomic E-state index is 0.342. The molecule has 0 spiro atoms. The number of para-hydroxylation sites is 1. The maximum Gasteiger partial charge on any atom is 0.337 e. The topological polar surface area (TPSA) is 44.8 Å². The van der Waals surface area contributed by atoms with Gasteiger partial charge in [-0.25, -0.2) is 4.79 Å². The van der Waals surface area contributed by atoms with Crippen LogP contribution in [0.5, 0.6) is 0 Å². The second-order valence-electron chi connectivity index (χ2n) is 6.15. The molecule has 0 unspecified atom stereocenters. The summed E-state index contributed by atoms with van der Waals surface area (Å²) in [4.78, 5) is 17.4. The highest BCUT2D eigenvalue weighted by atomic mass is 32.2. The summed E-state index contributed by atoms with van der Waals surface area (Å²) in [5.41, 5.74) is 2.68. The molecular formula is C20H23N3O2S2. The van der Waals surface area contributed by atoms with Crippen LogP contribution in [-0.2, 0) is 4.74 Å². The van der Waals surface area contributed by atoms with Gasteiger partial charge in [0.25, 0.3) is 0 Å². The molecule has 0 radical (unpaired) electrons. The normalized spacial score (nSPS) is 14.0. The number of ether oxygens (including phenoxy) is 1. The molecule has 2 aromatic carbocycles. The van der Waals surface area contributed by atoms with Crippen molar-refractivity contribution in [3.8, 4) is 0 Å². The van der Waals surface area contributed by atoms with Crippen molar-refractivity contribution in [3.05, 3.63) is 54.1 Å². The second-order valence-corrected chi connectivity index (χ2v) is 7.38. The molecule has 0 bridgehead atoms. The van der Waals surface area contributed by atoms with Crippen LogP contribution in [0.4, 0.5) is 11.4 Å². The maximum absolute atomic E-state index is 11.5. The van der Waals surface area contributed by atoms with E-state index in [0.29, 0.717) is 10.7 Å². The second kappa shape index (κ2) is 9.10. The highest BCUT2D eigenvalue weighted by Gasteiger charge is 2.20. The van der Waals surface area contributed by atoms with Crippen molar-refractivity contribution in [3.63, 3.8) is 0 Å². The van der Waals surface area contributed by atoms with Crippen LogP contribution in [0, 0.1) is 0 Å². The van der Waals surface area contributed by atoms with Gasteiger partial charge in [-0.2, -0.15) is 0 Å². The van der Waals surface area contributed by atoms with E-state index in [-0.39, 0.29) is 5.97 Å². The van der Waals surface area contributed by atoms with Crippen molar-refractivity contribution < 1.29 is 9.53 Å². The van der Waals surface area contributed by atoms with Crippen molar-refractivity contribution in [1.82, 2.24) is 4.90 Å². The van der Waals surface area contributed by atoms with Crippen LogP contribution >= 0.6 is 24.0 Å². The average molecular weight is 402 g/mol. The van der Waals surface area contributed by atoms with E-state index in [1.54, 1.807) is 23.9 Å². The summed E-state index contributed by atoms with van der Waals surface area (Å²) in [6.45, 7) is 3.60. The van der Waals surface area contributed by atoms with E-state index < -0.39 is 0 Å². The Balaban J connectivity index is 1.56. The van der Waals surface area contributed by atoms with Crippen molar-refractivity contribution in [2.45, 2.75) is 4.90 Å². The van der Waals surface area contributed by atoms with E-state index in [2.05, 4.69) is 45.6 Å². The van der Waals surface area contributed by atoms with Gasteiger partial charge >= 0.3 is 5.97 Å². The van der Waals surface area contributed by atoms with Crippen LogP contribution in [0.2, 0.25) is 0 Å². The van der Waals surface area contributed by atoms with Gasteiger partial charge in [-0.15, -0.1) is 11.8 Å². The van der Waals surface area contributed by atoms with E-state index in [1.807, 2.05) is 12.1 Å². The molecule has 0 amide bonds. The fourth-order valence-electron chi connectivity index (χ4n) is 3.05. The van der Waals surface area contributed by atoms with Crippen LogP contribution in [0.1, 0.15) is 10.4 Å². The molecule has 1 aliphatic heterocycles. The first-order valence-electron chi connectivity index (χ1n) is 8.74. The molecular weight excluding hydrogens is 378 g/mol. The largest absolute Gasteiger partial charge is 0.465 e. The number of hydrogen-bond donors (Lipinski definition) is 1. The molecule has 0 aromatic heterocycles. The maximum atomic E-state index is 11.5. The number of rotatable bonds is 4. The quantitative estimate of drug-likeness (QED) is 0.476. The molecule has 5 nitrogen and oxygen atoms in total. The summed E-state index contributed by atoms with van der Waals surface area (Å²) < 4.78 is 4.72. The van der Waals surface area contributed by atoms with Crippen LogP contribution < -0.4 is 10.2 Å². The molecule has 2 aromatic rings. The minimum atomic E-state index is -0.342. The highest BCUT2D eigenvalue weighted by molar-refractivity contribution is 7.98. The standard InChI is InChI=1S/C20H23N3O2S2/c1-25-19(24)15-7-9-16(10-8-15)21-20(26)23-13-11-22(12-14-23)17-5-3-4-6-18(17)27-2/h3-10H,11-14H2,1-2H3,(H,21,26). The molecule has 3 rings (SSSR count). The van der Waals surface area contributed by atoms with Crippen LogP contribution in [0.15, 0.2) is 53.4 Å². The van der Waals surface area contributed by atoms with Gasteiger partial charge < -0.3 is 19.9 Å². The summed E-state index contributed by atoms with van der Waals surface area (Å²) in [5, 5.41) is 3.96. The van der Waals surface area contributed by atoms with Gasteiger partial charge in [0.15, 0.2) is 5.11 Å². The molecule has 27 heavy (non-hydrogen) atoms. The summed E-state index contributed by atoms with van der Waals surface area (Å²) in [7, 11) is 1.38. The summed E-state index contributed by atoms with van der Waals surface area (Å²) in [5.74, 6) is -0.342. The molecule has 0 saturated carbocycles. The average Bonchev–Trinajstić information content (AvgIpc) is 2.73. The highest BCUT2D eigenvalue weighted by Crippen LogP contribution is 2.29. The van der Waals surface area contributed by atoms with E-state index >= 15 is 0 Å². The lowest BCUT2D eigenvalue weighted by Gasteiger charge is -2.38. The van der Waals surface area contributed by atoms with Gasteiger partial charge in [-0.05, 0) is 54.9 Å². The summed E-state index contributed by atoms with van der Waals surface area (Å²) in [6, 6.07) is 15.6. The van der Waals surface area contributed by atoms with Crippen molar-refractivity contribution in [1.29, 1.82) is 0 Å². The Kier molecular flexibility index (Phi) is 6.58. The Morgan fingerprint density at radius 1 is 1.07 bits per heavy atom. The monoisotopic (exact) mass is 401 g/mol. The molecule has 1 heterocycles. The Labute approximate surface area is 169 Å². The first-order valence-corrected chi connectivity index (χ1v) is 10.4. The number of piperazine rings is 1. The predicted molar refractivity (Wildman–Crippen MR) is 116 cm³/mol. The zero-order valence-corrected chi connectivity index (χ0v) is 17.1. The predicted octanol–water partition coefficient (Wildman–Crippen LogP) is 3.71. The Hall–Kier alpha value is -2.25. The van der Waals surface area contributed by atoms with Crippen LogP contribution in [-0.4, -0.2) is 55.5 Å². The number of methoxy groups -OCH3 is 1. The van der Waals surface area contributed by atoms with Crippen LogP contribution in [0.3, 0.4) is 0 Å². The van der Waals surface area contributed by atoms with Crippen molar-refractivity contribution >= 4 is 46.4 Å². The van der Waals surface area contributed by atoms with Crippen molar-refractivity contribution in [2.24, 2.45) is 0 Å². The SMILES string of the molecule is COC(=O)c1ccc(NC(=S)N2CCN(c3ccccc3SC)CC2)cc1. The number of carbonyl (C=O) groups excluding carboxylic acids is 1. The lowest BCUT2D eigenvalue weighted by atomic mass is 10.2.